The van der Waals surface area contributed by atoms with Crippen LogP contribution >= 0.6 is 11.8 Å². The van der Waals surface area contributed by atoms with Gasteiger partial charge in [0.25, 0.3) is 0 Å². The van der Waals surface area contributed by atoms with Crippen LogP contribution in [0.15, 0.2) is 0 Å². The van der Waals surface area contributed by atoms with Gasteiger partial charge in [-0.25, -0.2) is 0 Å². The highest BCUT2D eigenvalue weighted by molar-refractivity contribution is 7.99. The van der Waals surface area contributed by atoms with Crippen molar-refractivity contribution >= 4 is 11.8 Å². The van der Waals surface area contributed by atoms with Crippen LogP contribution in [0.3, 0.4) is 0 Å². The van der Waals surface area contributed by atoms with Gasteiger partial charge < -0.3 is 14.6 Å². The molecule has 0 aromatic rings. The third-order valence-corrected chi connectivity index (χ3v) is 3.11. The monoisotopic (exact) mass is 178 g/mol. The highest BCUT2D eigenvalue weighted by Gasteiger charge is 2.40. The Labute approximate surface area is 71.1 Å². The van der Waals surface area contributed by atoms with E-state index in [1.165, 1.54) is 0 Å². The second-order valence-electron chi connectivity index (χ2n) is 2.56. The number of rotatable bonds is 2. The molecular formula is C7H14O3S. The zero-order chi connectivity index (χ0) is 8.32. The number of hydrogen-bond acceptors (Lipinski definition) is 4. The lowest BCUT2D eigenvalue weighted by Crippen LogP contribution is -2.50. The summed E-state index contributed by atoms with van der Waals surface area (Å²) in [6.07, 6.45) is 0.252. The minimum atomic E-state index is -0.745. The van der Waals surface area contributed by atoms with Gasteiger partial charge in [-0.3, -0.25) is 0 Å². The summed E-state index contributed by atoms with van der Waals surface area (Å²) in [5.41, 5.74) is 0. The van der Waals surface area contributed by atoms with Gasteiger partial charge in [0.15, 0.2) is 5.79 Å². The second-order valence-corrected chi connectivity index (χ2v) is 3.71. The Morgan fingerprint density at radius 1 is 1.45 bits per heavy atom. The summed E-state index contributed by atoms with van der Waals surface area (Å²) in [5.74, 6) is 0.936. The van der Waals surface area contributed by atoms with E-state index in [2.05, 4.69) is 0 Å². The molecule has 1 aliphatic heterocycles. The molecule has 1 unspecified atom stereocenters. The molecule has 0 radical (unpaired) electrons. The van der Waals surface area contributed by atoms with Crippen LogP contribution in [0.1, 0.15) is 6.42 Å². The number of aliphatic hydroxyl groups is 1. The summed E-state index contributed by atoms with van der Waals surface area (Å²) >= 11 is 1.73. The van der Waals surface area contributed by atoms with Gasteiger partial charge in [-0.2, -0.15) is 11.8 Å². The van der Waals surface area contributed by atoms with E-state index in [0.29, 0.717) is 5.75 Å². The lowest BCUT2D eigenvalue weighted by Gasteiger charge is -2.38. The molecular weight excluding hydrogens is 164 g/mol. The predicted molar refractivity (Wildman–Crippen MR) is 44.7 cm³/mol. The number of ether oxygens (including phenoxy) is 2. The Balaban J connectivity index is 2.61. The van der Waals surface area contributed by atoms with Gasteiger partial charge >= 0.3 is 0 Å². The van der Waals surface area contributed by atoms with E-state index in [1.807, 2.05) is 0 Å². The zero-order valence-corrected chi connectivity index (χ0v) is 7.69. The highest BCUT2D eigenvalue weighted by atomic mass is 32.2. The molecule has 1 heterocycles. The quantitative estimate of drug-likeness (QED) is 0.624. The summed E-state index contributed by atoms with van der Waals surface area (Å²) in [5, 5.41) is 9.55. The maximum absolute atomic E-state index is 9.55. The fourth-order valence-electron chi connectivity index (χ4n) is 1.26. The van der Waals surface area contributed by atoms with Crippen molar-refractivity contribution in [1.29, 1.82) is 0 Å². The molecule has 1 fully saturated rings. The minimum Gasteiger partial charge on any atom is -0.387 e. The molecule has 66 valence electrons. The fourth-order valence-corrected chi connectivity index (χ4v) is 2.34. The van der Waals surface area contributed by atoms with Gasteiger partial charge in [0.1, 0.15) is 6.10 Å². The average Bonchev–Trinajstić information content (AvgIpc) is 2.06. The van der Waals surface area contributed by atoms with Crippen LogP contribution in [0.25, 0.3) is 0 Å². The molecule has 1 aliphatic rings. The lowest BCUT2D eigenvalue weighted by molar-refractivity contribution is -0.255. The van der Waals surface area contributed by atoms with E-state index in [-0.39, 0.29) is 0 Å². The molecule has 0 aromatic carbocycles. The molecule has 0 amide bonds. The van der Waals surface area contributed by atoms with Crippen molar-refractivity contribution in [3.05, 3.63) is 0 Å². The maximum Gasteiger partial charge on any atom is 0.195 e. The first kappa shape index (κ1) is 9.32. The van der Waals surface area contributed by atoms with E-state index in [0.717, 1.165) is 12.2 Å². The van der Waals surface area contributed by atoms with Crippen LogP contribution in [-0.2, 0) is 9.47 Å². The van der Waals surface area contributed by atoms with Gasteiger partial charge in [-0.1, -0.05) is 0 Å². The van der Waals surface area contributed by atoms with Crippen LogP contribution < -0.4 is 0 Å². The van der Waals surface area contributed by atoms with Gasteiger partial charge in [-0.15, -0.1) is 0 Å². The standard InChI is InChI=1S/C7H14O3S/c1-9-7(10-2)3-4-11-5-6(7)8/h6,8H,3-5H2,1-2H3. The van der Waals surface area contributed by atoms with Crippen molar-refractivity contribution in [3.8, 4) is 0 Å². The smallest absolute Gasteiger partial charge is 0.195 e. The van der Waals surface area contributed by atoms with Crippen LogP contribution in [0, 0.1) is 0 Å². The summed E-state index contributed by atoms with van der Waals surface area (Å²) < 4.78 is 10.3. The predicted octanol–water partition coefficient (Wildman–Crippen LogP) is 0.473. The zero-order valence-electron chi connectivity index (χ0n) is 6.87. The number of hydrogen-bond donors (Lipinski definition) is 1. The van der Waals surface area contributed by atoms with Crippen molar-refractivity contribution < 1.29 is 14.6 Å². The summed E-state index contributed by atoms with van der Waals surface area (Å²) in [6.45, 7) is 0. The first-order valence-electron chi connectivity index (χ1n) is 3.61. The molecule has 11 heavy (non-hydrogen) atoms. The molecule has 0 aromatic heterocycles. The van der Waals surface area contributed by atoms with Crippen molar-refractivity contribution in [2.75, 3.05) is 25.7 Å². The first-order chi connectivity index (χ1) is 5.25. The van der Waals surface area contributed by atoms with Gasteiger partial charge in [0, 0.05) is 26.4 Å². The molecule has 1 saturated heterocycles. The first-order valence-corrected chi connectivity index (χ1v) is 4.77. The molecule has 1 rings (SSSR count). The minimum absolute atomic E-state index is 0.503. The third-order valence-electron chi connectivity index (χ3n) is 2.07. The normalized spacial score (nSPS) is 30.3. The lowest BCUT2D eigenvalue weighted by atomic mass is 10.1. The van der Waals surface area contributed by atoms with E-state index in [9.17, 15) is 5.11 Å². The van der Waals surface area contributed by atoms with Crippen molar-refractivity contribution in [2.24, 2.45) is 0 Å². The van der Waals surface area contributed by atoms with Crippen molar-refractivity contribution in [2.45, 2.75) is 18.3 Å². The van der Waals surface area contributed by atoms with E-state index in [4.69, 9.17) is 9.47 Å². The SMILES string of the molecule is COC1(OC)CCSCC1O. The Morgan fingerprint density at radius 2 is 2.09 bits per heavy atom. The van der Waals surface area contributed by atoms with Crippen molar-refractivity contribution in [3.63, 3.8) is 0 Å². The van der Waals surface area contributed by atoms with E-state index < -0.39 is 11.9 Å². The van der Waals surface area contributed by atoms with Crippen LogP contribution in [0.2, 0.25) is 0 Å². The summed E-state index contributed by atoms with van der Waals surface area (Å²) in [6, 6.07) is 0. The fraction of sp³-hybridized carbons (Fsp3) is 1.00. The van der Waals surface area contributed by atoms with Gasteiger partial charge in [0.05, 0.1) is 0 Å². The Bertz CT molecular complexity index is 125. The molecule has 0 spiro atoms. The van der Waals surface area contributed by atoms with Gasteiger partial charge in [0.2, 0.25) is 0 Å². The topological polar surface area (TPSA) is 38.7 Å². The largest absolute Gasteiger partial charge is 0.387 e. The number of methoxy groups -OCH3 is 2. The molecule has 1 atom stereocenters. The highest BCUT2D eigenvalue weighted by Crippen LogP contribution is 2.30. The Kier molecular flexibility index (Phi) is 3.18. The molecule has 4 heteroatoms. The number of thioether (sulfide) groups is 1. The van der Waals surface area contributed by atoms with Crippen LogP contribution in [0.5, 0.6) is 0 Å². The molecule has 0 saturated carbocycles. The molecule has 0 bridgehead atoms. The third kappa shape index (κ3) is 1.69. The van der Waals surface area contributed by atoms with E-state index in [1.54, 1.807) is 26.0 Å². The van der Waals surface area contributed by atoms with Crippen LogP contribution in [0.4, 0.5) is 0 Å². The molecule has 1 N–H and O–H groups in total. The number of aliphatic hydroxyl groups excluding tert-OH is 1. The summed E-state index contributed by atoms with van der Waals surface area (Å²) in [4.78, 5) is 0. The van der Waals surface area contributed by atoms with Gasteiger partial charge in [-0.05, 0) is 5.75 Å². The van der Waals surface area contributed by atoms with E-state index >= 15 is 0 Å². The Hall–Kier alpha value is 0.230. The maximum atomic E-state index is 9.55. The average molecular weight is 178 g/mol. The second kappa shape index (κ2) is 3.76. The summed E-state index contributed by atoms with van der Waals surface area (Å²) in [7, 11) is 3.14. The Morgan fingerprint density at radius 3 is 2.45 bits per heavy atom. The molecule has 3 nitrogen and oxygen atoms in total. The van der Waals surface area contributed by atoms with Crippen molar-refractivity contribution in [1.82, 2.24) is 0 Å². The van der Waals surface area contributed by atoms with Crippen LogP contribution in [-0.4, -0.2) is 42.7 Å². The molecule has 0 aliphatic carbocycles.